The molecule has 0 aromatic heterocycles. The molecule has 1 aliphatic heterocycles. The Balaban J connectivity index is 1.62. The third-order valence-corrected chi connectivity index (χ3v) is 4.93. The van der Waals surface area contributed by atoms with Gasteiger partial charge >= 0.3 is 0 Å². The summed E-state index contributed by atoms with van der Waals surface area (Å²) >= 11 is 0. The summed E-state index contributed by atoms with van der Waals surface area (Å²) < 4.78 is 5.37. The van der Waals surface area contributed by atoms with Gasteiger partial charge in [0.15, 0.2) is 0 Å². The monoisotopic (exact) mass is 380 g/mol. The molecule has 0 radical (unpaired) electrons. The molecule has 1 heterocycles. The Labute approximate surface area is 164 Å². The third-order valence-electron chi connectivity index (χ3n) is 4.93. The van der Waals surface area contributed by atoms with Crippen LogP contribution in [-0.2, 0) is 16.0 Å². The first-order valence-electron chi connectivity index (χ1n) is 9.27. The number of hydrogen-bond acceptors (Lipinski definition) is 4. The number of methoxy groups -OCH3 is 1. The van der Waals surface area contributed by atoms with E-state index in [1.807, 2.05) is 38.1 Å². The van der Waals surface area contributed by atoms with Crippen molar-refractivity contribution in [2.24, 2.45) is 0 Å². The van der Waals surface area contributed by atoms with Crippen LogP contribution < -0.4 is 10.1 Å². The lowest BCUT2D eigenvalue weighted by atomic mass is 9.98. The van der Waals surface area contributed by atoms with Crippen molar-refractivity contribution in [2.45, 2.75) is 32.7 Å². The van der Waals surface area contributed by atoms with Crippen LogP contribution in [0.15, 0.2) is 42.5 Å². The molecule has 146 valence electrons. The van der Waals surface area contributed by atoms with Gasteiger partial charge in [0.25, 0.3) is 5.91 Å². The molecule has 2 aromatic carbocycles. The molecule has 28 heavy (non-hydrogen) atoms. The molecule has 0 bridgehead atoms. The molecule has 0 fully saturated rings. The van der Waals surface area contributed by atoms with E-state index in [9.17, 15) is 14.4 Å². The lowest BCUT2D eigenvalue weighted by Gasteiger charge is -2.26. The van der Waals surface area contributed by atoms with Crippen molar-refractivity contribution in [3.8, 4) is 5.75 Å². The van der Waals surface area contributed by atoms with Gasteiger partial charge in [-0.05, 0) is 31.5 Å². The maximum absolute atomic E-state index is 12.6. The lowest BCUT2D eigenvalue weighted by Crippen LogP contribution is -2.44. The summed E-state index contributed by atoms with van der Waals surface area (Å²) in [5, 5.41) is 2.92. The minimum Gasteiger partial charge on any atom is -0.496 e. The largest absolute Gasteiger partial charge is 0.496 e. The van der Waals surface area contributed by atoms with Gasteiger partial charge in [0, 0.05) is 24.1 Å². The van der Waals surface area contributed by atoms with Crippen molar-refractivity contribution in [1.82, 2.24) is 10.2 Å². The summed E-state index contributed by atoms with van der Waals surface area (Å²) in [6.07, 6.45) is 0.235. The number of amides is 3. The highest BCUT2D eigenvalue weighted by molar-refractivity contribution is 6.09. The Morgan fingerprint density at radius 3 is 2.71 bits per heavy atom. The first-order chi connectivity index (χ1) is 13.4. The number of carbonyl (C=O) groups is 3. The van der Waals surface area contributed by atoms with Crippen LogP contribution in [0.3, 0.4) is 0 Å². The highest BCUT2D eigenvalue weighted by Gasteiger charge is 2.30. The van der Waals surface area contributed by atoms with Crippen LogP contribution in [-0.4, -0.2) is 36.3 Å². The minimum absolute atomic E-state index is 0.0537. The predicted molar refractivity (Wildman–Crippen MR) is 105 cm³/mol. The SMILES string of the molecule is COc1ccc(C)cc1[C@@H](C)NC(=O)CCN1C(=O)Cc2ccccc2C1=O. The van der Waals surface area contributed by atoms with Crippen LogP contribution in [0.1, 0.15) is 46.4 Å². The number of ether oxygens (including phenoxy) is 1. The summed E-state index contributed by atoms with van der Waals surface area (Å²) in [7, 11) is 1.59. The van der Waals surface area contributed by atoms with Crippen LogP contribution in [0, 0.1) is 6.92 Å². The number of nitrogens with one attached hydrogen (secondary N) is 1. The second-order valence-corrected chi connectivity index (χ2v) is 6.97. The first-order valence-corrected chi connectivity index (χ1v) is 9.27. The van der Waals surface area contributed by atoms with Gasteiger partial charge in [0.05, 0.1) is 19.6 Å². The Morgan fingerprint density at radius 1 is 1.21 bits per heavy atom. The number of hydrogen-bond donors (Lipinski definition) is 1. The highest BCUT2D eigenvalue weighted by atomic mass is 16.5. The summed E-state index contributed by atoms with van der Waals surface area (Å²) in [5.41, 5.74) is 3.22. The molecule has 0 aliphatic carbocycles. The summed E-state index contributed by atoms with van der Waals surface area (Å²) in [4.78, 5) is 38.4. The van der Waals surface area contributed by atoms with Crippen LogP contribution in [0.5, 0.6) is 5.75 Å². The molecule has 0 spiro atoms. The van der Waals surface area contributed by atoms with Gasteiger partial charge in [0.2, 0.25) is 11.8 Å². The van der Waals surface area contributed by atoms with Crippen molar-refractivity contribution in [2.75, 3.05) is 13.7 Å². The van der Waals surface area contributed by atoms with E-state index in [4.69, 9.17) is 4.74 Å². The molecule has 0 unspecified atom stereocenters. The molecule has 3 amide bonds. The van der Waals surface area contributed by atoms with E-state index < -0.39 is 0 Å². The van der Waals surface area contributed by atoms with Crippen molar-refractivity contribution in [1.29, 1.82) is 0 Å². The van der Waals surface area contributed by atoms with Crippen molar-refractivity contribution in [3.63, 3.8) is 0 Å². The van der Waals surface area contributed by atoms with E-state index in [1.165, 1.54) is 4.90 Å². The second-order valence-electron chi connectivity index (χ2n) is 6.97. The molecule has 0 saturated heterocycles. The fraction of sp³-hybridized carbons (Fsp3) is 0.318. The number of fused-ring (bicyclic) bond motifs is 1. The summed E-state index contributed by atoms with van der Waals surface area (Å²) in [6, 6.07) is 12.6. The van der Waals surface area contributed by atoms with E-state index in [-0.39, 0.29) is 43.1 Å². The average molecular weight is 380 g/mol. The molecule has 1 N–H and O–H groups in total. The summed E-state index contributed by atoms with van der Waals surface area (Å²) in [5.74, 6) is -0.134. The standard InChI is InChI=1S/C22H24N2O4/c1-14-8-9-19(28-3)18(12-14)15(2)23-20(25)10-11-24-21(26)13-16-6-4-5-7-17(16)22(24)27/h4-9,12,15H,10-11,13H2,1-3H3,(H,23,25)/t15-/m1/s1. The molecule has 6 heteroatoms. The fourth-order valence-electron chi connectivity index (χ4n) is 3.42. The molecule has 6 nitrogen and oxygen atoms in total. The number of rotatable bonds is 6. The van der Waals surface area contributed by atoms with Gasteiger partial charge in [-0.3, -0.25) is 19.3 Å². The van der Waals surface area contributed by atoms with Gasteiger partial charge in [-0.15, -0.1) is 0 Å². The normalized spacial score (nSPS) is 14.5. The van der Waals surface area contributed by atoms with Crippen LogP contribution >= 0.6 is 0 Å². The average Bonchev–Trinajstić information content (AvgIpc) is 2.67. The van der Waals surface area contributed by atoms with Gasteiger partial charge in [0.1, 0.15) is 5.75 Å². The molecular formula is C22H24N2O4. The lowest BCUT2D eigenvalue weighted by molar-refractivity contribution is -0.129. The van der Waals surface area contributed by atoms with Crippen LogP contribution in [0.4, 0.5) is 0 Å². The zero-order valence-electron chi connectivity index (χ0n) is 16.3. The number of aryl methyl sites for hydroxylation is 1. The Morgan fingerprint density at radius 2 is 1.96 bits per heavy atom. The second kappa shape index (κ2) is 8.25. The predicted octanol–water partition coefficient (Wildman–Crippen LogP) is 2.80. The smallest absolute Gasteiger partial charge is 0.260 e. The third kappa shape index (κ3) is 4.06. The molecule has 0 saturated carbocycles. The zero-order valence-corrected chi connectivity index (χ0v) is 16.3. The Kier molecular flexibility index (Phi) is 5.78. The number of carbonyl (C=O) groups excluding carboxylic acids is 3. The maximum atomic E-state index is 12.6. The molecule has 2 aromatic rings. The Bertz CT molecular complexity index is 923. The highest BCUT2D eigenvalue weighted by Crippen LogP contribution is 2.26. The number of nitrogens with zero attached hydrogens (tertiary/aromatic N) is 1. The first kappa shape index (κ1) is 19.6. The van der Waals surface area contributed by atoms with Crippen LogP contribution in [0.2, 0.25) is 0 Å². The van der Waals surface area contributed by atoms with E-state index in [0.717, 1.165) is 16.7 Å². The van der Waals surface area contributed by atoms with Gasteiger partial charge in [-0.2, -0.15) is 0 Å². The maximum Gasteiger partial charge on any atom is 0.260 e. The topological polar surface area (TPSA) is 75.7 Å². The van der Waals surface area contributed by atoms with E-state index in [1.54, 1.807) is 25.3 Å². The molecule has 1 atom stereocenters. The van der Waals surface area contributed by atoms with E-state index in [2.05, 4.69) is 5.32 Å². The zero-order chi connectivity index (χ0) is 20.3. The number of imide groups is 1. The van der Waals surface area contributed by atoms with Gasteiger partial charge < -0.3 is 10.1 Å². The van der Waals surface area contributed by atoms with Crippen molar-refractivity contribution in [3.05, 3.63) is 64.7 Å². The van der Waals surface area contributed by atoms with Gasteiger partial charge in [-0.1, -0.05) is 35.9 Å². The summed E-state index contributed by atoms with van der Waals surface area (Å²) in [6.45, 7) is 3.92. The Hall–Kier alpha value is -3.15. The van der Waals surface area contributed by atoms with E-state index >= 15 is 0 Å². The van der Waals surface area contributed by atoms with Crippen molar-refractivity contribution < 1.29 is 19.1 Å². The molecular weight excluding hydrogens is 356 g/mol. The molecule has 1 aliphatic rings. The quantitative estimate of drug-likeness (QED) is 0.782. The minimum atomic E-state index is -0.340. The van der Waals surface area contributed by atoms with Crippen LogP contribution in [0.25, 0.3) is 0 Å². The van der Waals surface area contributed by atoms with Crippen molar-refractivity contribution >= 4 is 17.7 Å². The molecule has 3 rings (SSSR count). The fourth-order valence-corrected chi connectivity index (χ4v) is 3.42. The van der Waals surface area contributed by atoms with E-state index in [0.29, 0.717) is 11.3 Å². The van der Waals surface area contributed by atoms with Gasteiger partial charge in [-0.25, -0.2) is 0 Å². The number of benzene rings is 2.